The molecule has 2 aliphatic rings. The van der Waals surface area contributed by atoms with Crippen molar-refractivity contribution < 1.29 is 18.0 Å². The molecular weight excluding hydrogens is 345 g/mol. The van der Waals surface area contributed by atoms with E-state index in [1.165, 1.54) is 6.92 Å². The molecule has 0 saturated carbocycles. The van der Waals surface area contributed by atoms with Gasteiger partial charge in [-0.3, -0.25) is 4.79 Å². The van der Waals surface area contributed by atoms with Crippen LogP contribution in [-0.4, -0.2) is 39.9 Å². The first-order valence-corrected chi connectivity index (χ1v) is 8.97. The van der Waals surface area contributed by atoms with Crippen molar-refractivity contribution in [2.75, 3.05) is 13.1 Å². The highest BCUT2D eigenvalue weighted by molar-refractivity contribution is 5.79. The van der Waals surface area contributed by atoms with Crippen LogP contribution in [0.4, 0.5) is 13.2 Å². The lowest BCUT2D eigenvalue weighted by molar-refractivity contribution is -0.144. The number of nitrogens with two attached hydrogens (primary N) is 1. The van der Waals surface area contributed by atoms with Crippen LogP contribution in [0.15, 0.2) is 0 Å². The fourth-order valence-electron chi connectivity index (χ4n) is 4.00. The Kier molecular flexibility index (Phi) is 4.75. The Morgan fingerprint density at radius 1 is 1.27 bits per heavy atom. The average molecular weight is 370 g/mol. The van der Waals surface area contributed by atoms with E-state index in [1.54, 1.807) is 4.90 Å². The van der Waals surface area contributed by atoms with Crippen molar-refractivity contribution in [1.29, 1.82) is 0 Å². The number of piperidine rings is 1. The lowest BCUT2D eigenvalue weighted by Crippen LogP contribution is -2.55. The number of carbonyl (C=O) groups excluding carboxylic acids is 1. The van der Waals surface area contributed by atoms with Crippen molar-refractivity contribution in [3.63, 3.8) is 0 Å². The minimum absolute atomic E-state index is 0.0202. The van der Waals surface area contributed by atoms with E-state index < -0.39 is 17.8 Å². The number of likely N-dealkylation sites (tertiary alicyclic amines) is 1. The molecule has 1 aromatic rings. The number of rotatable bonds is 1. The topological polar surface area (TPSA) is 72.1 Å². The summed E-state index contributed by atoms with van der Waals surface area (Å²) >= 11 is 0. The second-order valence-corrected chi connectivity index (χ2v) is 8.13. The molecule has 2 unspecified atom stereocenters. The van der Waals surface area contributed by atoms with Gasteiger partial charge in [0.25, 0.3) is 0 Å². The number of alkyl halides is 3. The molecular formula is C18H25F3N4O. The Morgan fingerprint density at radius 3 is 2.58 bits per heavy atom. The molecule has 1 aliphatic heterocycles. The van der Waals surface area contributed by atoms with E-state index in [0.29, 0.717) is 38.0 Å². The lowest BCUT2D eigenvalue weighted by atomic mass is 9.78. The van der Waals surface area contributed by atoms with E-state index in [4.69, 9.17) is 5.73 Å². The van der Waals surface area contributed by atoms with Gasteiger partial charge in [0.1, 0.15) is 5.82 Å². The van der Waals surface area contributed by atoms with Crippen LogP contribution in [0, 0.1) is 18.3 Å². The van der Waals surface area contributed by atoms with Gasteiger partial charge in [-0.15, -0.1) is 0 Å². The van der Waals surface area contributed by atoms with E-state index in [9.17, 15) is 18.0 Å². The number of aromatic nitrogens is 2. The first-order valence-electron chi connectivity index (χ1n) is 8.97. The molecule has 1 aromatic heterocycles. The molecule has 2 heterocycles. The number of nitrogens with zero attached hydrogens (tertiary/aromatic N) is 3. The lowest BCUT2D eigenvalue weighted by Gasteiger charge is -2.44. The third-order valence-corrected chi connectivity index (χ3v) is 5.63. The molecule has 2 atom stereocenters. The van der Waals surface area contributed by atoms with Gasteiger partial charge in [0, 0.05) is 36.3 Å². The van der Waals surface area contributed by atoms with E-state index in [-0.39, 0.29) is 35.2 Å². The highest BCUT2D eigenvalue weighted by atomic mass is 19.4. The van der Waals surface area contributed by atoms with Gasteiger partial charge < -0.3 is 10.6 Å². The first kappa shape index (κ1) is 19.1. The number of carbonyl (C=O) groups is 1. The fraction of sp³-hybridized carbons (Fsp3) is 0.722. The third-order valence-electron chi connectivity index (χ3n) is 5.63. The van der Waals surface area contributed by atoms with Crippen LogP contribution in [0.25, 0.3) is 0 Å². The summed E-state index contributed by atoms with van der Waals surface area (Å²) in [4.78, 5) is 22.5. The molecule has 1 saturated heterocycles. The molecule has 0 bridgehead atoms. The number of aryl methyl sites for hydroxylation is 2. The summed E-state index contributed by atoms with van der Waals surface area (Å²) in [7, 11) is 0. The van der Waals surface area contributed by atoms with Crippen molar-refractivity contribution in [2.45, 2.75) is 58.7 Å². The third kappa shape index (κ3) is 3.56. The highest BCUT2D eigenvalue weighted by Crippen LogP contribution is 2.37. The Balaban J connectivity index is 1.83. The molecule has 0 aromatic carbocycles. The smallest absolute Gasteiger partial charge is 0.342 e. The van der Waals surface area contributed by atoms with E-state index in [1.807, 2.05) is 13.8 Å². The van der Waals surface area contributed by atoms with Crippen molar-refractivity contribution in [3.8, 4) is 0 Å². The molecule has 8 heteroatoms. The normalized spacial score (nSPS) is 25.7. The predicted octanol–water partition coefficient (Wildman–Crippen LogP) is 2.49. The van der Waals surface area contributed by atoms with Gasteiger partial charge in [-0.25, -0.2) is 9.97 Å². The quantitative estimate of drug-likeness (QED) is 0.824. The van der Waals surface area contributed by atoms with Crippen LogP contribution >= 0.6 is 0 Å². The number of hydrogen-bond donors (Lipinski definition) is 1. The summed E-state index contributed by atoms with van der Waals surface area (Å²) < 4.78 is 40.2. The summed E-state index contributed by atoms with van der Waals surface area (Å²) in [6.07, 6.45) is -2.90. The van der Waals surface area contributed by atoms with Crippen LogP contribution in [0.2, 0.25) is 0 Å². The fourth-order valence-corrected chi connectivity index (χ4v) is 4.00. The summed E-state index contributed by atoms with van der Waals surface area (Å²) in [6, 6.07) is 0.0202. The molecule has 1 amide bonds. The van der Waals surface area contributed by atoms with Crippen LogP contribution in [-0.2, 0) is 23.8 Å². The number of amides is 1. The van der Waals surface area contributed by atoms with Crippen LogP contribution in [0.1, 0.15) is 49.5 Å². The maximum Gasteiger partial charge on any atom is 0.433 e. The Bertz CT molecular complexity index is 717. The molecule has 5 nitrogen and oxygen atoms in total. The van der Waals surface area contributed by atoms with E-state index >= 15 is 0 Å². The summed E-state index contributed by atoms with van der Waals surface area (Å²) in [5, 5.41) is 0. The zero-order valence-electron chi connectivity index (χ0n) is 15.4. The molecule has 144 valence electrons. The Hall–Kier alpha value is -1.70. The van der Waals surface area contributed by atoms with E-state index in [0.717, 1.165) is 0 Å². The molecule has 2 N–H and O–H groups in total. The van der Waals surface area contributed by atoms with Crippen molar-refractivity contribution in [3.05, 3.63) is 22.8 Å². The van der Waals surface area contributed by atoms with Gasteiger partial charge in [0.15, 0.2) is 5.69 Å². The largest absolute Gasteiger partial charge is 0.433 e. The summed E-state index contributed by atoms with van der Waals surface area (Å²) in [6.45, 7) is 6.60. The van der Waals surface area contributed by atoms with Gasteiger partial charge in [-0.05, 0) is 38.0 Å². The molecule has 3 rings (SSSR count). The average Bonchev–Trinajstić information content (AvgIpc) is 2.54. The number of hydrogen-bond acceptors (Lipinski definition) is 4. The van der Waals surface area contributed by atoms with E-state index in [2.05, 4.69) is 9.97 Å². The monoisotopic (exact) mass is 370 g/mol. The van der Waals surface area contributed by atoms with Crippen molar-refractivity contribution in [2.24, 2.45) is 17.1 Å². The van der Waals surface area contributed by atoms with Gasteiger partial charge in [0.2, 0.25) is 5.91 Å². The van der Waals surface area contributed by atoms with Crippen molar-refractivity contribution >= 4 is 5.91 Å². The van der Waals surface area contributed by atoms with Crippen LogP contribution in [0.3, 0.4) is 0 Å². The number of fused-ring (bicyclic) bond motifs is 1. The molecule has 26 heavy (non-hydrogen) atoms. The van der Waals surface area contributed by atoms with Gasteiger partial charge in [0.05, 0.1) is 0 Å². The highest BCUT2D eigenvalue weighted by Gasteiger charge is 2.42. The minimum Gasteiger partial charge on any atom is -0.342 e. The van der Waals surface area contributed by atoms with Crippen LogP contribution in [0.5, 0.6) is 0 Å². The zero-order chi connectivity index (χ0) is 19.3. The molecule has 1 aliphatic carbocycles. The molecule has 1 fully saturated rings. The van der Waals surface area contributed by atoms with Gasteiger partial charge in [-0.1, -0.05) is 13.8 Å². The SMILES string of the molecule is Cc1nc2c(c(C(F)(F)F)n1)CC(C(=O)N1CCC(N)C(C)(C)C1)CC2. The van der Waals surface area contributed by atoms with Crippen LogP contribution < -0.4 is 5.73 Å². The number of halogens is 3. The maximum absolute atomic E-state index is 13.4. The zero-order valence-corrected chi connectivity index (χ0v) is 15.4. The summed E-state index contributed by atoms with van der Waals surface area (Å²) in [5.41, 5.74) is 5.54. The Labute approximate surface area is 151 Å². The van der Waals surface area contributed by atoms with Gasteiger partial charge >= 0.3 is 6.18 Å². The molecule has 0 spiro atoms. The second kappa shape index (κ2) is 6.48. The van der Waals surface area contributed by atoms with Gasteiger partial charge in [-0.2, -0.15) is 13.2 Å². The van der Waals surface area contributed by atoms with Crippen molar-refractivity contribution in [1.82, 2.24) is 14.9 Å². The second-order valence-electron chi connectivity index (χ2n) is 8.13. The first-order chi connectivity index (χ1) is 12.0. The minimum atomic E-state index is -4.54. The Morgan fingerprint density at radius 2 is 1.96 bits per heavy atom. The maximum atomic E-state index is 13.4. The summed E-state index contributed by atoms with van der Waals surface area (Å²) in [5.74, 6) is -0.419. The predicted molar refractivity (Wildman–Crippen MR) is 90.2 cm³/mol. The standard InChI is InChI=1S/C18H25F3N4O/c1-10-23-13-5-4-11(8-12(13)15(24-10)18(19,20)21)16(26)25-7-6-14(22)17(2,3)9-25/h11,14H,4-9,22H2,1-3H3. The molecule has 0 radical (unpaired) electrons.